The highest BCUT2D eigenvalue weighted by atomic mass is 32.2. The van der Waals surface area contributed by atoms with Crippen LogP contribution in [-0.4, -0.2) is 16.1 Å². The number of thioether (sulfide) groups is 1. The number of nitriles is 1. The molecule has 0 spiro atoms. The van der Waals surface area contributed by atoms with Gasteiger partial charge in [0.2, 0.25) is 0 Å². The number of hydrogen-bond acceptors (Lipinski definition) is 2. The first-order valence-electron chi connectivity index (χ1n) is 5.42. The van der Waals surface area contributed by atoms with Crippen molar-refractivity contribution in [1.82, 2.24) is 4.57 Å². The molecule has 0 N–H and O–H groups in total. The predicted molar refractivity (Wildman–Crippen MR) is 69.7 cm³/mol. The highest BCUT2D eigenvalue weighted by Crippen LogP contribution is 2.18. The van der Waals surface area contributed by atoms with Crippen molar-refractivity contribution in [3.63, 3.8) is 0 Å². The summed E-state index contributed by atoms with van der Waals surface area (Å²) in [6, 6.07) is 10.1. The van der Waals surface area contributed by atoms with E-state index in [9.17, 15) is 0 Å². The number of rotatable bonds is 4. The third-order valence-corrected chi connectivity index (χ3v) is 3.46. The molecule has 0 saturated heterocycles. The molecule has 82 valence electrons. The molecule has 0 radical (unpaired) electrons. The Labute approximate surface area is 99.9 Å². The van der Waals surface area contributed by atoms with E-state index in [0.717, 1.165) is 29.1 Å². The molecule has 2 nitrogen and oxygen atoms in total. The number of aromatic nitrogens is 1. The first-order chi connectivity index (χ1) is 7.85. The van der Waals surface area contributed by atoms with Crippen LogP contribution in [0.1, 0.15) is 12.5 Å². The second-order valence-corrected chi connectivity index (χ2v) is 4.99. The molecule has 0 aliphatic carbocycles. The van der Waals surface area contributed by atoms with Crippen molar-refractivity contribution < 1.29 is 0 Å². The Morgan fingerprint density at radius 3 is 3.00 bits per heavy atom. The van der Waals surface area contributed by atoms with E-state index < -0.39 is 0 Å². The Balaban J connectivity index is 2.28. The molecule has 0 aliphatic heterocycles. The van der Waals surface area contributed by atoms with Crippen LogP contribution in [0.5, 0.6) is 0 Å². The molecule has 0 saturated carbocycles. The molecule has 1 aromatic carbocycles. The number of fused-ring (bicyclic) bond motifs is 1. The number of hydrogen-bond donors (Lipinski definition) is 0. The van der Waals surface area contributed by atoms with Gasteiger partial charge >= 0.3 is 0 Å². The fraction of sp³-hybridized carbons (Fsp3) is 0.308. The minimum Gasteiger partial charge on any atom is -0.347 e. The molecule has 0 bridgehead atoms. The van der Waals surface area contributed by atoms with Crippen LogP contribution < -0.4 is 0 Å². The van der Waals surface area contributed by atoms with Gasteiger partial charge in [-0.1, -0.05) is 13.0 Å². The second kappa shape index (κ2) is 5.09. The Morgan fingerprint density at radius 2 is 2.25 bits per heavy atom. The summed E-state index contributed by atoms with van der Waals surface area (Å²) in [7, 11) is 0. The van der Waals surface area contributed by atoms with Crippen LogP contribution in [0.25, 0.3) is 10.9 Å². The van der Waals surface area contributed by atoms with Gasteiger partial charge in [0.1, 0.15) is 0 Å². The van der Waals surface area contributed by atoms with Crippen LogP contribution in [0.3, 0.4) is 0 Å². The predicted octanol–water partition coefficient (Wildman–Crippen LogP) is 3.27. The van der Waals surface area contributed by atoms with Crippen LogP contribution >= 0.6 is 11.8 Å². The smallest absolute Gasteiger partial charge is 0.0992 e. The van der Waals surface area contributed by atoms with Crippen LogP contribution in [0.2, 0.25) is 0 Å². The number of nitrogens with zero attached hydrogens (tertiary/aromatic N) is 2. The summed E-state index contributed by atoms with van der Waals surface area (Å²) in [5.74, 6) is 2.28. The van der Waals surface area contributed by atoms with Gasteiger partial charge in [0, 0.05) is 24.0 Å². The topological polar surface area (TPSA) is 28.7 Å². The zero-order chi connectivity index (χ0) is 11.4. The Morgan fingerprint density at radius 1 is 1.38 bits per heavy atom. The van der Waals surface area contributed by atoms with Crippen molar-refractivity contribution >= 4 is 22.7 Å². The van der Waals surface area contributed by atoms with E-state index in [4.69, 9.17) is 5.26 Å². The van der Waals surface area contributed by atoms with Gasteiger partial charge in [-0.05, 0) is 29.3 Å². The van der Waals surface area contributed by atoms with E-state index in [2.05, 4.69) is 29.8 Å². The van der Waals surface area contributed by atoms with Gasteiger partial charge < -0.3 is 4.57 Å². The average molecular weight is 230 g/mol. The zero-order valence-electron chi connectivity index (χ0n) is 9.31. The van der Waals surface area contributed by atoms with Gasteiger partial charge in [-0.15, -0.1) is 0 Å². The van der Waals surface area contributed by atoms with E-state index in [1.54, 1.807) is 0 Å². The molecule has 0 amide bonds. The Kier molecular flexibility index (Phi) is 3.53. The minimum absolute atomic E-state index is 0.732. The van der Waals surface area contributed by atoms with E-state index in [-0.39, 0.29) is 0 Å². The van der Waals surface area contributed by atoms with Crippen LogP contribution in [0.4, 0.5) is 0 Å². The van der Waals surface area contributed by atoms with Crippen molar-refractivity contribution in [2.75, 3.05) is 11.5 Å². The summed E-state index contributed by atoms with van der Waals surface area (Å²) in [6.07, 6.45) is 2.10. The van der Waals surface area contributed by atoms with E-state index >= 15 is 0 Å². The molecular formula is C13H14N2S. The summed E-state index contributed by atoms with van der Waals surface area (Å²) in [5.41, 5.74) is 1.89. The molecule has 0 atom stereocenters. The minimum atomic E-state index is 0.732. The van der Waals surface area contributed by atoms with Crippen molar-refractivity contribution in [3.05, 3.63) is 36.0 Å². The molecule has 1 heterocycles. The quantitative estimate of drug-likeness (QED) is 0.754. The molecule has 16 heavy (non-hydrogen) atoms. The van der Waals surface area contributed by atoms with E-state index in [1.807, 2.05) is 30.0 Å². The van der Waals surface area contributed by atoms with Gasteiger partial charge in [0.05, 0.1) is 11.6 Å². The first kappa shape index (κ1) is 11.1. The first-order valence-corrected chi connectivity index (χ1v) is 6.57. The van der Waals surface area contributed by atoms with Crippen molar-refractivity contribution in [1.29, 1.82) is 5.26 Å². The highest BCUT2D eigenvalue weighted by molar-refractivity contribution is 7.99. The molecular weight excluding hydrogens is 216 g/mol. The average Bonchev–Trinajstić information content (AvgIpc) is 2.72. The maximum Gasteiger partial charge on any atom is 0.0992 e. The van der Waals surface area contributed by atoms with Crippen LogP contribution in [-0.2, 0) is 6.54 Å². The SMILES string of the molecule is CCSCCn1ccc2ccc(C#N)cc21. The summed E-state index contributed by atoms with van der Waals surface area (Å²) >= 11 is 1.94. The molecule has 2 rings (SSSR count). The third-order valence-electron chi connectivity index (χ3n) is 2.58. The fourth-order valence-corrected chi connectivity index (χ4v) is 2.37. The number of aryl methyl sites for hydroxylation is 1. The third kappa shape index (κ3) is 2.23. The van der Waals surface area contributed by atoms with Crippen LogP contribution in [0.15, 0.2) is 30.5 Å². The zero-order valence-corrected chi connectivity index (χ0v) is 10.1. The molecule has 1 aromatic heterocycles. The van der Waals surface area contributed by atoms with Crippen molar-refractivity contribution in [2.45, 2.75) is 13.5 Å². The maximum absolute atomic E-state index is 8.88. The summed E-state index contributed by atoms with van der Waals surface area (Å²) < 4.78 is 2.22. The van der Waals surface area contributed by atoms with Gasteiger partial charge in [0.15, 0.2) is 0 Å². The fourth-order valence-electron chi connectivity index (χ4n) is 1.76. The largest absolute Gasteiger partial charge is 0.347 e. The monoisotopic (exact) mass is 230 g/mol. The lowest BCUT2D eigenvalue weighted by atomic mass is 10.2. The molecule has 3 heteroatoms. The van der Waals surface area contributed by atoms with Crippen LogP contribution in [0, 0.1) is 11.3 Å². The lowest BCUT2D eigenvalue weighted by Gasteiger charge is -2.04. The summed E-state index contributed by atoms with van der Waals surface area (Å²) in [5, 5.41) is 10.1. The van der Waals surface area contributed by atoms with Gasteiger partial charge in [-0.25, -0.2) is 0 Å². The summed E-state index contributed by atoms with van der Waals surface area (Å²) in [6.45, 7) is 3.18. The lowest BCUT2D eigenvalue weighted by Crippen LogP contribution is -1.98. The maximum atomic E-state index is 8.88. The lowest BCUT2D eigenvalue weighted by molar-refractivity contribution is 0.807. The van der Waals surface area contributed by atoms with E-state index in [0.29, 0.717) is 0 Å². The van der Waals surface area contributed by atoms with Gasteiger partial charge in [-0.2, -0.15) is 17.0 Å². The Bertz CT molecular complexity index is 522. The summed E-state index contributed by atoms with van der Waals surface area (Å²) in [4.78, 5) is 0. The van der Waals surface area contributed by atoms with Gasteiger partial charge in [0.25, 0.3) is 0 Å². The highest BCUT2D eigenvalue weighted by Gasteiger charge is 2.01. The van der Waals surface area contributed by atoms with Crippen molar-refractivity contribution in [3.8, 4) is 6.07 Å². The molecule has 0 fully saturated rings. The second-order valence-electron chi connectivity index (χ2n) is 3.59. The molecule has 0 aliphatic rings. The standard InChI is InChI=1S/C13H14N2S/c1-2-16-8-7-15-6-5-12-4-3-11(10-14)9-13(12)15/h3-6,9H,2,7-8H2,1H3. The Hall–Kier alpha value is -1.40. The molecule has 0 unspecified atom stereocenters. The van der Waals surface area contributed by atoms with Crippen molar-refractivity contribution in [2.24, 2.45) is 0 Å². The van der Waals surface area contributed by atoms with Gasteiger partial charge in [-0.3, -0.25) is 0 Å². The molecule has 2 aromatic rings. The normalized spacial score (nSPS) is 10.5. The van der Waals surface area contributed by atoms with E-state index in [1.165, 1.54) is 5.39 Å². The number of benzene rings is 1.